The molecular weight excluding hydrogens is 323 g/mol. The summed E-state index contributed by atoms with van der Waals surface area (Å²) < 4.78 is 39.7. The zero-order valence-corrected chi connectivity index (χ0v) is 12.4. The fraction of sp³-hybridized carbons (Fsp3) is 0.455. The maximum absolute atomic E-state index is 13.5. The Kier molecular flexibility index (Phi) is 6.04. The van der Waals surface area contributed by atoms with Crippen molar-refractivity contribution in [1.82, 2.24) is 5.32 Å². The number of hydrogen-bond acceptors (Lipinski definition) is 3. The minimum absolute atomic E-state index is 0.00974. The van der Waals surface area contributed by atoms with Crippen LogP contribution in [0.4, 0.5) is 10.1 Å². The topological polar surface area (TPSA) is 58.2 Å². The van der Waals surface area contributed by atoms with Crippen LogP contribution in [0.25, 0.3) is 0 Å². The average molecular weight is 339 g/mol. The summed E-state index contributed by atoms with van der Waals surface area (Å²) in [4.78, 5) is 0. The van der Waals surface area contributed by atoms with Crippen LogP contribution in [0.5, 0.6) is 0 Å². The van der Waals surface area contributed by atoms with Gasteiger partial charge in [-0.3, -0.25) is 4.72 Å². The molecule has 0 radical (unpaired) electrons. The zero-order valence-electron chi connectivity index (χ0n) is 10.0. The summed E-state index contributed by atoms with van der Waals surface area (Å²) >= 11 is 3.11. The number of halogens is 2. The molecule has 2 N–H and O–H groups in total. The largest absolute Gasteiger partial charge is 0.320 e. The third kappa shape index (κ3) is 5.32. The van der Waals surface area contributed by atoms with Crippen molar-refractivity contribution in [2.45, 2.75) is 12.8 Å². The normalized spacial score (nSPS) is 11.5. The maximum atomic E-state index is 13.5. The molecule has 0 unspecified atom stereocenters. The molecule has 0 atom stereocenters. The molecule has 102 valence electrons. The molecule has 0 aromatic heterocycles. The van der Waals surface area contributed by atoms with Gasteiger partial charge in [0.05, 0.1) is 11.4 Å². The summed E-state index contributed by atoms with van der Waals surface area (Å²) in [7, 11) is -1.67. The second kappa shape index (κ2) is 7.06. The Morgan fingerprint density at radius 1 is 1.33 bits per heavy atom. The summed E-state index contributed by atoms with van der Waals surface area (Å²) in [5, 5.41) is 2.94. The standard InChI is InChI=1S/C11H16BrFN2O2S/c1-14-6-2-3-7-18(16,17)15-11-5-4-9(12)8-10(11)13/h4-5,8,14-15H,2-3,6-7H2,1H3. The van der Waals surface area contributed by atoms with Crippen LogP contribution in [0.1, 0.15) is 12.8 Å². The molecule has 1 rings (SSSR count). The van der Waals surface area contributed by atoms with Gasteiger partial charge >= 0.3 is 0 Å². The van der Waals surface area contributed by atoms with Crippen LogP contribution in [0.3, 0.4) is 0 Å². The Bertz CT molecular complexity index is 494. The van der Waals surface area contributed by atoms with Crippen LogP contribution >= 0.6 is 15.9 Å². The van der Waals surface area contributed by atoms with Gasteiger partial charge in [0, 0.05) is 4.47 Å². The van der Waals surface area contributed by atoms with Crippen LogP contribution in [-0.4, -0.2) is 27.8 Å². The van der Waals surface area contributed by atoms with Crippen LogP contribution in [0, 0.1) is 5.82 Å². The van der Waals surface area contributed by atoms with Gasteiger partial charge in [-0.2, -0.15) is 0 Å². The van der Waals surface area contributed by atoms with E-state index in [1.807, 2.05) is 7.05 Å². The molecule has 0 aliphatic carbocycles. The van der Waals surface area contributed by atoms with Crippen LogP contribution < -0.4 is 10.0 Å². The van der Waals surface area contributed by atoms with Crippen molar-refractivity contribution in [2.24, 2.45) is 0 Å². The second-order valence-corrected chi connectivity index (χ2v) is 6.61. The Morgan fingerprint density at radius 2 is 2.06 bits per heavy atom. The van der Waals surface area contributed by atoms with Crippen molar-refractivity contribution in [3.63, 3.8) is 0 Å². The Morgan fingerprint density at radius 3 is 2.67 bits per heavy atom. The summed E-state index contributed by atoms with van der Waals surface area (Å²) in [6, 6.07) is 4.20. The second-order valence-electron chi connectivity index (χ2n) is 3.86. The number of unbranched alkanes of at least 4 members (excludes halogenated alkanes) is 1. The molecule has 4 nitrogen and oxygen atoms in total. The zero-order chi connectivity index (χ0) is 13.6. The minimum atomic E-state index is -3.48. The Balaban J connectivity index is 2.59. The van der Waals surface area contributed by atoms with Gasteiger partial charge < -0.3 is 5.32 Å². The monoisotopic (exact) mass is 338 g/mol. The lowest BCUT2D eigenvalue weighted by atomic mass is 10.3. The molecule has 0 saturated carbocycles. The van der Waals surface area contributed by atoms with Gasteiger partial charge in [-0.1, -0.05) is 15.9 Å². The lowest BCUT2D eigenvalue weighted by Gasteiger charge is -2.09. The van der Waals surface area contributed by atoms with Gasteiger partial charge in [-0.15, -0.1) is 0 Å². The van der Waals surface area contributed by atoms with Crippen LogP contribution in [-0.2, 0) is 10.0 Å². The van der Waals surface area contributed by atoms with E-state index in [4.69, 9.17) is 0 Å². The van der Waals surface area contributed by atoms with E-state index in [0.717, 1.165) is 13.0 Å². The van der Waals surface area contributed by atoms with E-state index >= 15 is 0 Å². The molecule has 18 heavy (non-hydrogen) atoms. The molecule has 0 aliphatic rings. The van der Waals surface area contributed by atoms with E-state index in [1.54, 1.807) is 6.07 Å². The highest BCUT2D eigenvalue weighted by molar-refractivity contribution is 9.10. The molecule has 0 fully saturated rings. The third-order valence-corrected chi connectivity index (χ3v) is 4.14. The first-order valence-electron chi connectivity index (χ1n) is 5.55. The highest BCUT2D eigenvalue weighted by Gasteiger charge is 2.12. The Hall–Kier alpha value is -0.660. The predicted octanol–water partition coefficient (Wildman–Crippen LogP) is 2.33. The third-order valence-electron chi connectivity index (χ3n) is 2.29. The van der Waals surface area contributed by atoms with Crippen molar-refractivity contribution in [2.75, 3.05) is 24.1 Å². The molecule has 0 amide bonds. The molecule has 1 aromatic rings. The van der Waals surface area contributed by atoms with E-state index < -0.39 is 15.8 Å². The summed E-state index contributed by atoms with van der Waals surface area (Å²) in [6.07, 6.45) is 1.30. The predicted molar refractivity (Wildman–Crippen MR) is 74.7 cm³/mol. The fourth-order valence-corrected chi connectivity index (χ4v) is 2.90. The minimum Gasteiger partial charge on any atom is -0.320 e. The highest BCUT2D eigenvalue weighted by Crippen LogP contribution is 2.20. The first kappa shape index (κ1) is 15.4. The van der Waals surface area contributed by atoms with Gasteiger partial charge in [-0.25, -0.2) is 12.8 Å². The Labute approximate surface area is 115 Å². The van der Waals surface area contributed by atoms with Crippen molar-refractivity contribution in [3.8, 4) is 0 Å². The first-order valence-corrected chi connectivity index (χ1v) is 7.99. The number of rotatable bonds is 7. The van der Waals surface area contributed by atoms with Gasteiger partial charge in [0.2, 0.25) is 10.0 Å². The van der Waals surface area contributed by atoms with Crippen molar-refractivity contribution < 1.29 is 12.8 Å². The molecular formula is C11H16BrFN2O2S. The average Bonchev–Trinajstić information content (AvgIpc) is 2.28. The quantitative estimate of drug-likeness (QED) is 0.750. The van der Waals surface area contributed by atoms with E-state index in [0.29, 0.717) is 10.9 Å². The van der Waals surface area contributed by atoms with Gasteiger partial charge in [0.25, 0.3) is 0 Å². The van der Waals surface area contributed by atoms with Crippen molar-refractivity contribution in [3.05, 3.63) is 28.5 Å². The SMILES string of the molecule is CNCCCCS(=O)(=O)Nc1ccc(Br)cc1F. The molecule has 1 aromatic carbocycles. The maximum Gasteiger partial charge on any atom is 0.232 e. The summed E-state index contributed by atoms with van der Waals surface area (Å²) in [5.74, 6) is -0.604. The number of hydrogen-bond donors (Lipinski definition) is 2. The smallest absolute Gasteiger partial charge is 0.232 e. The fourth-order valence-electron chi connectivity index (χ4n) is 1.38. The van der Waals surface area contributed by atoms with E-state index in [1.165, 1.54) is 12.1 Å². The first-order chi connectivity index (χ1) is 8.44. The van der Waals surface area contributed by atoms with E-state index in [-0.39, 0.29) is 11.4 Å². The van der Waals surface area contributed by atoms with Gasteiger partial charge in [-0.05, 0) is 44.6 Å². The molecule has 0 heterocycles. The number of anilines is 1. The van der Waals surface area contributed by atoms with Crippen molar-refractivity contribution in [1.29, 1.82) is 0 Å². The van der Waals surface area contributed by atoms with Gasteiger partial charge in [0.15, 0.2) is 0 Å². The van der Waals surface area contributed by atoms with Crippen molar-refractivity contribution >= 4 is 31.6 Å². The number of benzene rings is 1. The molecule has 0 saturated heterocycles. The van der Waals surface area contributed by atoms with Crippen LogP contribution in [0.2, 0.25) is 0 Å². The lowest BCUT2D eigenvalue weighted by Crippen LogP contribution is -2.18. The summed E-state index contributed by atoms with van der Waals surface area (Å²) in [6.45, 7) is 0.766. The lowest BCUT2D eigenvalue weighted by molar-refractivity contribution is 0.592. The van der Waals surface area contributed by atoms with Crippen LogP contribution in [0.15, 0.2) is 22.7 Å². The van der Waals surface area contributed by atoms with E-state index in [2.05, 4.69) is 26.0 Å². The number of sulfonamides is 1. The van der Waals surface area contributed by atoms with Gasteiger partial charge in [0.1, 0.15) is 5.82 Å². The number of nitrogens with one attached hydrogen (secondary N) is 2. The molecule has 0 bridgehead atoms. The highest BCUT2D eigenvalue weighted by atomic mass is 79.9. The van der Waals surface area contributed by atoms with E-state index in [9.17, 15) is 12.8 Å². The molecule has 0 aliphatic heterocycles. The molecule has 0 spiro atoms. The summed E-state index contributed by atoms with van der Waals surface area (Å²) in [5.41, 5.74) is -0.0215. The molecule has 7 heteroatoms.